The standard InChI is InChI=1S/C23H23N5O3/c1-2-31-19-7-5-17(6-8-19)25-23(29)27-12-9-18(14-27)28-21(16-10-13-30-15-16)26-20-4-3-11-24-22(20)28/h3-8,10-11,13,15,18H,2,9,12,14H2,1H3,(H,25,29). The van der Waals surface area contributed by atoms with E-state index >= 15 is 0 Å². The number of likely N-dealkylation sites (tertiary alicyclic amines) is 1. The number of carbonyl (C=O) groups is 1. The fraction of sp³-hybridized carbons (Fsp3) is 0.261. The maximum Gasteiger partial charge on any atom is 0.321 e. The summed E-state index contributed by atoms with van der Waals surface area (Å²) in [6.07, 6.45) is 5.91. The number of pyridine rings is 1. The zero-order chi connectivity index (χ0) is 21.2. The summed E-state index contributed by atoms with van der Waals surface area (Å²) in [7, 11) is 0. The third kappa shape index (κ3) is 3.72. The van der Waals surface area contributed by atoms with Crippen LogP contribution in [0.1, 0.15) is 19.4 Å². The summed E-state index contributed by atoms with van der Waals surface area (Å²) in [6, 6.07) is 13.1. The van der Waals surface area contributed by atoms with Gasteiger partial charge in [-0.25, -0.2) is 14.8 Å². The molecule has 0 bridgehead atoms. The van der Waals surface area contributed by atoms with E-state index in [0.717, 1.165) is 40.4 Å². The van der Waals surface area contributed by atoms with E-state index in [4.69, 9.17) is 14.1 Å². The third-order valence-corrected chi connectivity index (χ3v) is 5.46. The molecule has 2 amide bonds. The van der Waals surface area contributed by atoms with Crippen LogP contribution in [-0.2, 0) is 0 Å². The fourth-order valence-electron chi connectivity index (χ4n) is 4.01. The zero-order valence-corrected chi connectivity index (χ0v) is 17.2. The van der Waals surface area contributed by atoms with Crippen molar-refractivity contribution >= 4 is 22.9 Å². The highest BCUT2D eigenvalue weighted by atomic mass is 16.5. The molecule has 1 aromatic carbocycles. The molecule has 5 rings (SSSR count). The highest BCUT2D eigenvalue weighted by molar-refractivity contribution is 5.89. The third-order valence-electron chi connectivity index (χ3n) is 5.46. The van der Waals surface area contributed by atoms with Crippen molar-refractivity contribution in [3.63, 3.8) is 0 Å². The van der Waals surface area contributed by atoms with Gasteiger partial charge in [-0.3, -0.25) is 0 Å². The molecule has 8 nitrogen and oxygen atoms in total. The van der Waals surface area contributed by atoms with E-state index in [1.807, 2.05) is 54.3 Å². The summed E-state index contributed by atoms with van der Waals surface area (Å²) in [5, 5.41) is 2.97. The maximum absolute atomic E-state index is 12.8. The number of benzene rings is 1. The first-order chi connectivity index (χ1) is 15.2. The number of ether oxygens (including phenoxy) is 1. The Morgan fingerprint density at radius 2 is 2.13 bits per heavy atom. The second-order valence-corrected chi connectivity index (χ2v) is 7.44. The minimum atomic E-state index is -0.117. The molecule has 1 saturated heterocycles. The number of anilines is 1. The lowest BCUT2D eigenvalue weighted by atomic mass is 10.2. The summed E-state index contributed by atoms with van der Waals surface area (Å²) in [4.78, 5) is 24.0. The first-order valence-corrected chi connectivity index (χ1v) is 10.4. The second-order valence-electron chi connectivity index (χ2n) is 7.44. The maximum atomic E-state index is 12.8. The van der Waals surface area contributed by atoms with Crippen molar-refractivity contribution < 1.29 is 13.9 Å². The van der Waals surface area contributed by atoms with Crippen molar-refractivity contribution in [3.05, 3.63) is 61.2 Å². The smallest absolute Gasteiger partial charge is 0.321 e. The molecule has 0 aliphatic carbocycles. The van der Waals surface area contributed by atoms with Gasteiger partial charge in [0.15, 0.2) is 5.65 Å². The molecule has 4 aromatic rings. The summed E-state index contributed by atoms with van der Waals surface area (Å²) in [6.45, 7) is 3.79. The zero-order valence-electron chi connectivity index (χ0n) is 17.2. The van der Waals surface area contributed by atoms with Gasteiger partial charge in [-0.1, -0.05) is 0 Å². The Balaban J connectivity index is 1.35. The van der Waals surface area contributed by atoms with Gasteiger partial charge in [0, 0.05) is 25.0 Å². The highest BCUT2D eigenvalue weighted by Gasteiger charge is 2.31. The molecule has 158 valence electrons. The van der Waals surface area contributed by atoms with E-state index in [1.165, 1.54) is 0 Å². The van der Waals surface area contributed by atoms with Crippen molar-refractivity contribution in [2.45, 2.75) is 19.4 Å². The Labute approximate surface area is 179 Å². The first kappa shape index (κ1) is 19.2. The lowest BCUT2D eigenvalue weighted by Crippen LogP contribution is -2.33. The highest BCUT2D eigenvalue weighted by Crippen LogP contribution is 2.32. The molecular weight excluding hydrogens is 394 g/mol. The monoisotopic (exact) mass is 417 g/mol. The normalized spacial score (nSPS) is 16.0. The molecule has 8 heteroatoms. The topological polar surface area (TPSA) is 85.4 Å². The molecular formula is C23H23N5O3. The molecule has 0 radical (unpaired) electrons. The number of hydrogen-bond acceptors (Lipinski definition) is 5. The van der Waals surface area contributed by atoms with E-state index in [-0.39, 0.29) is 12.1 Å². The number of nitrogens with one attached hydrogen (secondary N) is 1. The molecule has 4 heterocycles. The van der Waals surface area contributed by atoms with Crippen LogP contribution in [0.2, 0.25) is 0 Å². The summed E-state index contributed by atoms with van der Waals surface area (Å²) >= 11 is 0. The van der Waals surface area contributed by atoms with Crippen molar-refractivity contribution in [2.75, 3.05) is 25.0 Å². The van der Waals surface area contributed by atoms with Gasteiger partial charge < -0.3 is 23.9 Å². The van der Waals surface area contributed by atoms with Gasteiger partial charge in [-0.2, -0.15) is 0 Å². The molecule has 1 atom stereocenters. The number of amides is 2. The summed E-state index contributed by atoms with van der Waals surface area (Å²) < 4.78 is 12.9. The van der Waals surface area contributed by atoms with Gasteiger partial charge in [0.2, 0.25) is 0 Å². The number of hydrogen-bond donors (Lipinski definition) is 1. The molecule has 1 fully saturated rings. The summed E-state index contributed by atoms with van der Waals surface area (Å²) in [5.74, 6) is 1.59. The average Bonchev–Trinajstić information content (AvgIpc) is 3.53. The van der Waals surface area contributed by atoms with Crippen molar-refractivity contribution in [1.29, 1.82) is 0 Å². The van der Waals surface area contributed by atoms with E-state index in [1.54, 1.807) is 18.7 Å². The quantitative estimate of drug-likeness (QED) is 0.514. The number of imidazole rings is 1. The molecule has 1 aliphatic heterocycles. The van der Waals surface area contributed by atoms with E-state index in [2.05, 4.69) is 14.9 Å². The molecule has 31 heavy (non-hydrogen) atoms. The Hall–Kier alpha value is -3.81. The van der Waals surface area contributed by atoms with Crippen LogP contribution in [0.25, 0.3) is 22.6 Å². The van der Waals surface area contributed by atoms with Crippen LogP contribution in [0.15, 0.2) is 65.6 Å². The number of fused-ring (bicyclic) bond motifs is 1. The van der Waals surface area contributed by atoms with Gasteiger partial charge in [-0.15, -0.1) is 0 Å². The predicted molar refractivity (Wildman–Crippen MR) is 117 cm³/mol. The Kier molecular flexibility index (Phi) is 5.03. The van der Waals surface area contributed by atoms with Gasteiger partial charge in [0.25, 0.3) is 0 Å². The van der Waals surface area contributed by atoms with E-state index in [9.17, 15) is 4.79 Å². The molecule has 1 N–H and O–H groups in total. The van der Waals surface area contributed by atoms with E-state index < -0.39 is 0 Å². The largest absolute Gasteiger partial charge is 0.494 e. The lowest BCUT2D eigenvalue weighted by molar-refractivity contribution is 0.221. The molecule has 3 aromatic heterocycles. The van der Waals surface area contributed by atoms with Crippen LogP contribution in [0, 0.1) is 0 Å². The van der Waals surface area contributed by atoms with Crippen LogP contribution in [-0.4, -0.2) is 45.2 Å². The minimum Gasteiger partial charge on any atom is -0.494 e. The Morgan fingerprint density at radius 1 is 1.26 bits per heavy atom. The first-order valence-electron chi connectivity index (χ1n) is 10.4. The van der Waals surface area contributed by atoms with Gasteiger partial charge >= 0.3 is 6.03 Å². The Bertz CT molecular complexity index is 1180. The van der Waals surface area contributed by atoms with Crippen molar-refractivity contribution in [2.24, 2.45) is 0 Å². The minimum absolute atomic E-state index is 0.0795. The SMILES string of the molecule is CCOc1ccc(NC(=O)N2CCC(n3c(-c4ccoc4)nc4cccnc43)C2)cc1. The Morgan fingerprint density at radius 3 is 2.90 bits per heavy atom. The number of urea groups is 1. The fourth-order valence-corrected chi connectivity index (χ4v) is 4.01. The number of aromatic nitrogens is 3. The van der Waals surface area contributed by atoms with Crippen molar-refractivity contribution in [1.82, 2.24) is 19.4 Å². The molecule has 0 saturated carbocycles. The molecule has 0 spiro atoms. The van der Waals surface area contributed by atoms with Gasteiger partial charge in [0.1, 0.15) is 23.4 Å². The van der Waals surface area contributed by atoms with Crippen LogP contribution < -0.4 is 10.1 Å². The number of furan rings is 1. The van der Waals surface area contributed by atoms with Crippen LogP contribution in [0.3, 0.4) is 0 Å². The summed E-state index contributed by atoms with van der Waals surface area (Å²) in [5.41, 5.74) is 3.29. The number of rotatable bonds is 5. The van der Waals surface area contributed by atoms with Crippen LogP contribution in [0.5, 0.6) is 5.75 Å². The number of carbonyl (C=O) groups excluding carboxylic acids is 1. The average molecular weight is 417 g/mol. The molecule has 1 aliphatic rings. The van der Waals surface area contributed by atoms with Crippen LogP contribution >= 0.6 is 0 Å². The second kappa shape index (κ2) is 8.14. The van der Waals surface area contributed by atoms with Gasteiger partial charge in [-0.05, 0) is 55.8 Å². The van der Waals surface area contributed by atoms with Gasteiger partial charge in [0.05, 0.1) is 24.5 Å². The number of nitrogens with zero attached hydrogens (tertiary/aromatic N) is 4. The van der Waals surface area contributed by atoms with E-state index in [0.29, 0.717) is 19.7 Å². The molecule has 1 unspecified atom stereocenters. The van der Waals surface area contributed by atoms with Crippen molar-refractivity contribution in [3.8, 4) is 17.1 Å². The lowest BCUT2D eigenvalue weighted by Gasteiger charge is -2.19. The van der Waals surface area contributed by atoms with Crippen LogP contribution in [0.4, 0.5) is 10.5 Å². The predicted octanol–water partition coefficient (Wildman–Crippen LogP) is 4.57.